The van der Waals surface area contributed by atoms with Crippen molar-refractivity contribution >= 4 is 21.8 Å². The van der Waals surface area contributed by atoms with Crippen molar-refractivity contribution in [3.63, 3.8) is 0 Å². The summed E-state index contributed by atoms with van der Waals surface area (Å²) < 4.78 is 1.04. The number of amides is 1. The van der Waals surface area contributed by atoms with Crippen LogP contribution in [0.4, 0.5) is 0 Å². The molecule has 1 aliphatic rings. The highest BCUT2D eigenvalue weighted by Crippen LogP contribution is 2.20. The van der Waals surface area contributed by atoms with Gasteiger partial charge in [0.05, 0.1) is 0 Å². The van der Waals surface area contributed by atoms with Gasteiger partial charge in [-0.1, -0.05) is 15.9 Å². The van der Waals surface area contributed by atoms with Crippen molar-refractivity contribution in [1.82, 2.24) is 10.6 Å². The van der Waals surface area contributed by atoms with Crippen molar-refractivity contribution in [2.75, 3.05) is 7.05 Å². The SMILES string of the molecule is CNC1CCC(NC(=O)c2ccc(Br)c(C)c2)CC1. The predicted molar refractivity (Wildman–Crippen MR) is 81.4 cm³/mol. The number of hydrogen-bond acceptors (Lipinski definition) is 2. The van der Waals surface area contributed by atoms with E-state index in [-0.39, 0.29) is 5.91 Å². The van der Waals surface area contributed by atoms with Gasteiger partial charge in [-0.15, -0.1) is 0 Å². The maximum absolute atomic E-state index is 12.2. The number of benzene rings is 1. The third kappa shape index (κ3) is 3.80. The Labute approximate surface area is 123 Å². The summed E-state index contributed by atoms with van der Waals surface area (Å²) in [7, 11) is 2.01. The van der Waals surface area contributed by atoms with E-state index < -0.39 is 0 Å². The molecular formula is C15H21BrN2O. The van der Waals surface area contributed by atoms with E-state index in [2.05, 4.69) is 26.6 Å². The molecule has 0 bridgehead atoms. The van der Waals surface area contributed by atoms with Gasteiger partial charge >= 0.3 is 0 Å². The standard InChI is InChI=1S/C15H21BrN2O/c1-10-9-11(3-8-14(10)16)15(19)18-13-6-4-12(17-2)5-7-13/h3,8-9,12-13,17H,4-7H2,1-2H3,(H,18,19). The first-order chi connectivity index (χ1) is 9.10. The normalized spacial score (nSPS) is 23.1. The minimum atomic E-state index is 0.0449. The van der Waals surface area contributed by atoms with Crippen LogP contribution in [0, 0.1) is 6.92 Å². The quantitative estimate of drug-likeness (QED) is 0.897. The molecule has 19 heavy (non-hydrogen) atoms. The Bertz CT molecular complexity index is 453. The molecule has 1 fully saturated rings. The Hall–Kier alpha value is -0.870. The van der Waals surface area contributed by atoms with Crippen LogP contribution in [0.3, 0.4) is 0 Å². The van der Waals surface area contributed by atoms with E-state index in [1.807, 2.05) is 32.2 Å². The minimum Gasteiger partial charge on any atom is -0.349 e. The lowest BCUT2D eigenvalue weighted by Gasteiger charge is -2.28. The van der Waals surface area contributed by atoms with Gasteiger partial charge in [0.25, 0.3) is 5.91 Å². The van der Waals surface area contributed by atoms with Crippen LogP contribution in [0.25, 0.3) is 0 Å². The number of rotatable bonds is 3. The van der Waals surface area contributed by atoms with E-state index >= 15 is 0 Å². The number of halogens is 1. The Kier molecular flexibility index (Phi) is 4.99. The Morgan fingerprint density at radius 2 is 1.84 bits per heavy atom. The summed E-state index contributed by atoms with van der Waals surface area (Å²) in [5, 5.41) is 6.45. The van der Waals surface area contributed by atoms with E-state index in [4.69, 9.17) is 0 Å². The largest absolute Gasteiger partial charge is 0.349 e. The zero-order chi connectivity index (χ0) is 13.8. The second-order valence-electron chi connectivity index (χ2n) is 5.27. The average Bonchev–Trinajstić information content (AvgIpc) is 2.42. The summed E-state index contributed by atoms with van der Waals surface area (Å²) in [4.78, 5) is 12.2. The Balaban J connectivity index is 1.92. The number of carbonyl (C=O) groups is 1. The van der Waals surface area contributed by atoms with Crippen molar-refractivity contribution in [3.05, 3.63) is 33.8 Å². The highest BCUT2D eigenvalue weighted by atomic mass is 79.9. The molecule has 3 nitrogen and oxygen atoms in total. The molecule has 0 aliphatic heterocycles. The summed E-state index contributed by atoms with van der Waals surface area (Å²) in [5.41, 5.74) is 1.84. The van der Waals surface area contributed by atoms with Crippen molar-refractivity contribution < 1.29 is 4.79 Å². The van der Waals surface area contributed by atoms with Crippen molar-refractivity contribution in [1.29, 1.82) is 0 Å². The monoisotopic (exact) mass is 324 g/mol. The van der Waals surface area contributed by atoms with E-state index in [0.717, 1.165) is 41.3 Å². The summed E-state index contributed by atoms with van der Waals surface area (Å²) >= 11 is 3.45. The van der Waals surface area contributed by atoms with Crippen LogP contribution >= 0.6 is 15.9 Å². The van der Waals surface area contributed by atoms with E-state index in [9.17, 15) is 4.79 Å². The summed E-state index contributed by atoms with van der Waals surface area (Å²) in [6, 6.07) is 6.66. The predicted octanol–water partition coefficient (Wildman–Crippen LogP) is 3.02. The van der Waals surface area contributed by atoms with Crippen molar-refractivity contribution in [3.8, 4) is 0 Å². The van der Waals surface area contributed by atoms with E-state index in [0.29, 0.717) is 12.1 Å². The van der Waals surface area contributed by atoms with Crippen LogP contribution in [-0.4, -0.2) is 25.0 Å². The zero-order valence-electron chi connectivity index (χ0n) is 11.5. The van der Waals surface area contributed by atoms with Crippen LogP contribution in [-0.2, 0) is 0 Å². The van der Waals surface area contributed by atoms with Gasteiger partial charge in [0.1, 0.15) is 0 Å². The average molecular weight is 325 g/mol. The molecule has 1 aliphatic carbocycles. The number of carbonyl (C=O) groups excluding carboxylic acids is 1. The van der Waals surface area contributed by atoms with Crippen LogP contribution in [0.15, 0.2) is 22.7 Å². The molecule has 1 aromatic rings. The summed E-state index contributed by atoms with van der Waals surface area (Å²) in [6.45, 7) is 2.00. The molecular weight excluding hydrogens is 304 g/mol. The van der Waals surface area contributed by atoms with Crippen LogP contribution in [0.5, 0.6) is 0 Å². The minimum absolute atomic E-state index is 0.0449. The Morgan fingerprint density at radius 1 is 1.21 bits per heavy atom. The molecule has 0 saturated heterocycles. The zero-order valence-corrected chi connectivity index (χ0v) is 13.1. The molecule has 0 spiro atoms. The number of aryl methyl sites for hydroxylation is 1. The van der Waals surface area contributed by atoms with Crippen molar-refractivity contribution in [2.24, 2.45) is 0 Å². The molecule has 1 aromatic carbocycles. The molecule has 0 unspecified atom stereocenters. The second-order valence-corrected chi connectivity index (χ2v) is 6.13. The van der Waals surface area contributed by atoms with E-state index in [1.54, 1.807) is 0 Å². The Morgan fingerprint density at radius 3 is 2.42 bits per heavy atom. The van der Waals surface area contributed by atoms with Gasteiger partial charge in [0.2, 0.25) is 0 Å². The van der Waals surface area contributed by atoms with Gasteiger partial charge in [0.15, 0.2) is 0 Å². The maximum atomic E-state index is 12.2. The molecule has 104 valence electrons. The van der Waals surface area contributed by atoms with Gasteiger partial charge in [-0.3, -0.25) is 4.79 Å². The highest BCUT2D eigenvalue weighted by molar-refractivity contribution is 9.10. The fraction of sp³-hybridized carbons (Fsp3) is 0.533. The van der Waals surface area contributed by atoms with Crippen molar-refractivity contribution in [2.45, 2.75) is 44.7 Å². The summed E-state index contributed by atoms with van der Waals surface area (Å²) in [6.07, 6.45) is 4.40. The molecule has 0 atom stereocenters. The topological polar surface area (TPSA) is 41.1 Å². The van der Waals surface area contributed by atoms with Gasteiger partial charge in [0, 0.05) is 22.1 Å². The highest BCUT2D eigenvalue weighted by Gasteiger charge is 2.21. The lowest BCUT2D eigenvalue weighted by Crippen LogP contribution is -2.41. The molecule has 4 heteroatoms. The van der Waals surface area contributed by atoms with Crippen LogP contribution in [0.1, 0.15) is 41.6 Å². The molecule has 2 N–H and O–H groups in total. The van der Waals surface area contributed by atoms with Crippen LogP contribution < -0.4 is 10.6 Å². The molecule has 1 saturated carbocycles. The molecule has 1 amide bonds. The molecule has 0 radical (unpaired) electrons. The molecule has 0 aromatic heterocycles. The lowest BCUT2D eigenvalue weighted by molar-refractivity contribution is 0.0924. The molecule has 2 rings (SSSR count). The maximum Gasteiger partial charge on any atom is 0.251 e. The molecule has 0 heterocycles. The third-order valence-corrected chi connectivity index (χ3v) is 4.78. The smallest absolute Gasteiger partial charge is 0.251 e. The first kappa shape index (κ1) is 14.5. The van der Waals surface area contributed by atoms with Gasteiger partial charge in [-0.25, -0.2) is 0 Å². The van der Waals surface area contributed by atoms with Gasteiger partial charge in [-0.05, 0) is 63.4 Å². The fourth-order valence-corrected chi connectivity index (χ4v) is 2.83. The van der Waals surface area contributed by atoms with E-state index in [1.165, 1.54) is 0 Å². The van der Waals surface area contributed by atoms with Gasteiger partial charge in [-0.2, -0.15) is 0 Å². The van der Waals surface area contributed by atoms with Crippen LogP contribution in [0.2, 0.25) is 0 Å². The third-order valence-electron chi connectivity index (χ3n) is 3.89. The van der Waals surface area contributed by atoms with Gasteiger partial charge < -0.3 is 10.6 Å². The first-order valence-corrected chi connectivity index (χ1v) is 7.63. The number of nitrogens with one attached hydrogen (secondary N) is 2. The fourth-order valence-electron chi connectivity index (χ4n) is 2.58. The lowest BCUT2D eigenvalue weighted by atomic mass is 9.91. The second kappa shape index (κ2) is 6.53. The number of hydrogen-bond donors (Lipinski definition) is 2. The summed E-state index contributed by atoms with van der Waals surface area (Å²) in [5.74, 6) is 0.0449. The first-order valence-electron chi connectivity index (χ1n) is 6.84.